The molecule has 0 aliphatic heterocycles. The van der Waals surface area contributed by atoms with Gasteiger partial charge in [0.15, 0.2) is 0 Å². The monoisotopic (exact) mass is 264 g/mol. The normalized spacial score (nSPS) is 30.1. The summed E-state index contributed by atoms with van der Waals surface area (Å²) < 4.78 is 0. The molecular weight excluding hydrogens is 236 g/mol. The smallest absolute Gasteiger partial charge is 0.243 e. The maximum Gasteiger partial charge on any atom is 0.243 e. The molecule has 19 heavy (non-hydrogen) atoms. The van der Waals surface area contributed by atoms with Crippen LogP contribution in [0, 0.1) is 17.8 Å². The van der Waals surface area contributed by atoms with Gasteiger partial charge in [-0.15, -0.1) is 0 Å². The van der Waals surface area contributed by atoms with Gasteiger partial charge in [0.1, 0.15) is 0 Å². The van der Waals surface area contributed by atoms with E-state index in [4.69, 9.17) is 0 Å². The fraction of sp³-hybridized carbons (Fsp3) is 0.875. The zero-order valence-corrected chi connectivity index (χ0v) is 12.5. The van der Waals surface area contributed by atoms with Gasteiger partial charge in [0.25, 0.3) is 0 Å². The molecule has 2 rings (SSSR count). The van der Waals surface area contributed by atoms with E-state index in [9.17, 15) is 4.79 Å². The highest BCUT2D eigenvalue weighted by atomic mass is 16.2. The predicted molar refractivity (Wildman–Crippen MR) is 78.9 cm³/mol. The lowest BCUT2D eigenvalue weighted by Gasteiger charge is -2.26. The molecule has 2 aliphatic carbocycles. The molecule has 0 heterocycles. The van der Waals surface area contributed by atoms with Crippen LogP contribution in [0.1, 0.15) is 71.6 Å². The number of nitrogens with one attached hydrogen (secondary N) is 1. The van der Waals surface area contributed by atoms with Gasteiger partial charge in [0.2, 0.25) is 5.91 Å². The van der Waals surface area contributed by atoms with Crippen molar-refractivity contribution < 1.29 is 4.79 Å². The lowest BCUT2D eigenvalue weighted by Crippen LogP contribution is -2.30. The minimum absolute atomic E-state index is 0.142. The number of carbonyl (C=O) groups is 1. The highest BCUT2D eigenvalue weighted by Gasteiger charge is 2.22. The Morgan fingerprint density at radius 2 is 1.58 bits per heavy atom. The molecule has 0 radical (unpaired) electrons. The van der Waals surface area contributed by atoms with Crippen molar-refractivity contribution in [3.8, 4) is 0 Å². The number of carbonyl (C=O) groups excluding carboxylic acids is 1. The van der Waals surface area contributed by atoms with E-state index in [1.54, 1.807) is 0 Å². The van der Waals surface area contributed by atoms with Gasteiger partial charge in [-0.3, -0.25) is 4.79 Å². The molecule has 0 aromatic carbocycles. The molecule has 1 amide bonds. The lowest BCUT2D eigenvalue weighted by atomic mass is 9.81. The quantitative estimate of drug-likeness (QED) is 0.610. The predicted octanol–water partition coefficient (Wildman–Crippen LogP) is 3.89. The maximum absolute atomic E-state index is 12.0. The molecule has 0 unspecified atom stereocenters. The summed E-state index contributed by atoms with van der Waals surface area (Å²) in [7, 11) is 0. The third-order valence-corrected chi connectivity index (χ3v) is 4.93. The van der Waals surface area contributed by atoms with Gasteiger partial charge in [-0.1, -0.05) is 39.0 Å². The zero-order valence-electron chi connectivity index (χ0n) is 12.5. The second-order valence-corrected chi connectivity index (χ2v) is 6.52. The maximum atomic E-state index is 12.0. The largest absolute Gasteiger partial charge is 0.273 e. The molecule has 2 fully saturated rings. The van der Waals surface area contributed by atoms with E-state index in [1.807, 2.05) is 0 Å². The first-order valence-corrected chi connectivity index (χ1v) is 8.01. The van der Waals surface area contributed by atoms with Crippen LogP contribution >= 0.6 is 0 Å². The van der Waals surface area contributed by atoms with Crippen molar-refractivity contribution in [1.82, 2.24) is 5.43 Å². The van der Waals surface area contributed by atoms with Crippen LogP contribution in [0.3, 0.4) is 0 Å². The summed E-state index contributed by atoms with van der Waals surface area (Å²) in [5, 5.41) is 4.37. The first kappa shape index (κ1) is 14.5. The molecule has 2 saturated carbocycles. The van der Waals surface area contributed by atoms with E-state index in [2.05, 4.69) is 24.4 Å². The van der Waals surface area contributed by atoms with Crippen LogP contribution in [0.15, 0.2) is 5.10 Å². The second kappa shape index (κ2) is 7.06. The molecule has 0 bridgehead atoms. The Kier molecular flexibility index (Phi) is 5.41. The van der Waals surface area contributed by atoms with Crippen molar-refractivity contribution in [3.63, 3.8) is 0 Å². The summed E-state index contributed by atoms with van der Waals surface area (Å²) in [6, 6.07) is 0. The Labute approximate surface area is 117 Å². The van der Waals surface area contributed by atoms with Gasteiger partial charge < -0.3 is 0 Å². The highest BCUT2D eigenvalue weighted by Crippen LogP contribution is 2.29. The Bertz CT molecular complexity index is 324. The molecule has 0 aromatic heterocycles. The second-order valence-electron chi connectivity index (χ2n) is 6.52. The number of rotatable bonds is 3. The highest BCUT2D eigenvalue weighted by molar-refractivity contribution is 5.86. The van der Waals surface area contributed by atoms with Gasteiger partial charge in [0.05, 0.1) is 0 Å². The van der Waals surface area contributed by atoms with E-state index in [-0.39, 0.29) is 11.8 Å². The molecular formula is C16H28N2O. The van der Waals surface area contributed by atoms with Crippen molar-refractivity contribution in [2.45, 2.75) is 71.6 Å². The fourth-order valence-corrected chi connectivity index (χ4v) is 3.37. The zero-order chi connectivity index (χ0) is 13.7. The Balaban J connectivity index is 1.78. The molecule has 0 aromatic rings. The molecule has 3 nitrogen and oxygen atoms in total. The first-order valence-electron chi connectivity index (χ1n) is 8.01. The van der Waals surface area contributed by atoms with E-state index in [0.29, 0.717) is 5.92 Å². The third-order valence-electron chi connectivity index (χ3n) is 4.93. The molecule has 3 heteroatoms. The fourth-order valence-electron chi connectivity index (χ4n) is 3.37. The number of amides is 1. The first-order chi connectivity index (χ1) is 9.16. The molecule has 108 valence electrons. The number of hydrazone groups is 1. The van der Waals surface area contributed by atoms with Gasteiger partial charge in [-0.05, 0) is 44.4 Å². The minimum Gasteiger partial charge on any atom is -0.273 e. The van der Waals surface area contributed by atoms with E-state index in [0.717, 1.165) is 24.5 Å². The summed E-state index contributed by atoms with van der Waals surface area (Å²) in [6.45, 7) is 4.40. The summed E-state index contributed by atoms with van der Waals surface area (Å²) in [5.41, 5.74) is 3.93. The molecule has 0 spiro atoms. The van der Waals surface area contributed by atoms with Crippen LogP contribution in [-0.4, -0.2) is 11.6 Å². The standard InChI is InChI=1S/C16H28N2O/c1-12-8-10-14(11-9-12)13(2)17-18-16(19)15-6-4-3-5-7-15/h12,14-15H,3-11H2,1-2H3,(H,18,19)/b17-13+. The topological polar surface area (TPSA) is 41.5 Å². The SMILES string of the molecule is C/C(=N\NC(=O)C1CCCCC1)C1CCC(C)CC1. The lowest BCUT2D eigenvalue weighted by molar-refractivity contribution is -0.125. The number of hydrogen-bond donors (Lipinski definition) is 1. The van der Waals surface area contributed by atoms with Gasteiger partial charge in [-0.2, -0.15) is 5.10 Å². The molecule has 2 aliphatic rings. The van der Waals surface area contributed by atoms with E-state index >= 15 is 0 Å². The summed E-state index contributed by atoms with van der Waals surface area (Å²) >= 11 is 0. The van der Waals surface area contributed by atoms with Crippen LogP contribution in [0.2, 0.25) is 0 Å². The molecule has 1 N–H and O–H groups in total. The number of nitrogens with zero attached hydrogens (tertiary/aromatic N) is 1. The van der Waals surface area contributed by atoms with Crippen molar-refractivity contribution in [2.75, 3.05) is 0 Å². The van der Waals surface area contributed by atoms with Crippen LogP contribution in [-0.2, 0) is 4.79 Å². The van der Waals surface area contributed by atoms with Gasteiger partial charge in [-0.25, -0.2) is 5.43 Å². The number of hydrogen-bond acceptors (Lipinski definition) is 2. The third kappa shape index (κ3) is 4.32. The van der Waals surface area contributed by atoms with Crippen LogP contribution in [0.25, 0.3) is 0 Å². The van der Waals surface area contributed by atoms with Gasteiger partial charge in [0, 0.05) is 11.6 Å². The summed E-state index contributed by atoms with van der Waals surface area (Å²) in [4.78, 5) is 12.0. The summed E-state index contributed by atoms with van der Waals surface area (Å²) in [6.07, 6.45) is 10.8. The van der Waals surface area contributed by atoms with Crippen LogP contribution in [0.5, 0.6) is 0 Å². The van der Waals surface area contributed by atoms with Crippen molar-refractivity contribution >= 4 is 11.6 Å². The average Bonchev–Trinajstić information content (AvgIpc) is 2.46. The minimum atomic E-state index is 0.142. The average molecular weight is 264 g/mol. The van der Waals surface area contributed by atoms with Crippen LogP contribution < -0.4 is 5.43 Å². The summed E-state index contributed by atoms with van der Waals surface area (Å²) in [5.74, 6) is 1.80. The van der Waals surface area contributed by atoms with Crippen molar-refractivity contribution in [3.05, 3.63) is 0 Å². The Morgan fingerprint density at radius 1 is 0.947 bits per heavy atom. The van der Waals surface area contributed by atoms with Crippen molar-refractivity contribution in [1.29, 1.82) is 0 Å². The van der Waals surface area contributed by atoms with Crippen molar-refractivity contribution in [2.24, 2.45) is 22.9 Å². The van der Waals surface area contributed by atoms with E-state index < -0.39 is 0 Å². The Hall–Kier alpha value is -0.860. The molecule has 0 saturated heterocycles. The molecule has 0 atom stereocenters. The van der Waals surface area contributed by atoms with Gasteiger partial charge >= 0.3 is 0 Å². The Morgan fingerprint density at radius 3 is 2.21 bits per heavy atom. The van der Waals surface area contributed by atoms with Crippen LogP contribution in [0.4, 0.5) is 0 Å². The van der Waals surface area contributed by atoms with E-state index in [1.165, 1.54) is 44.9 Å².